The van der Waals surface area contributed by atoms with Gasteiger partial charge in [-0.25, -0.2) is 9.96 Å². The lowest BCUT2D eigenvalue weighted by Crippen LogP contribution is -2.37. The maximum atomic E-state index is 13.7. The lowest BCUT2D eigenvalue weighted by atomic mass is 9.90. The standard InChI is InChI=1S/C29H22N2O6S/c32-28-25-26(20-16-18-23(19-17-20)37-38(34,35)24-14-8-3-9-15-24)31(22-12-6-2-7-13-22)36-27(25)29(33)30(28)21-10-4-1-5-11-21/h1-19,25-27H/t25-,26+,27-/m1/s1. The number of hydrogen-bond donors (Lipinski definition) is 0. The monoisotopic (exact) mass is 526 g/mol. The lowest BCUT2D eigenvalue weighted by Gasteiger charge is -2.28. The molecule has 3 atom stereocenters. The zero-order valence-electron chi connectivity index (χ0n) is 20.0. The number of fused-ring (bicyclic) bond motifs is 1. The van der Waals surface area contributed by atoms with E-state index in [-0.39, 0.29) is 16.6 Å². The van der Waals surface area contributed by atoms with Crippen LogP contribution in [0.3, 0.4) is 0 Å². The summed E-state index contributed by atoms with van der Waals surface area (Å²) in [5.41, 5.74) is 1.84. The number of rotatable bonds is 6. The zero-order chi connectivity index (χ0) is 26.3. The van der Waals surface area contributed by atoms with Crippen molar-refractivity contribution in [2.75, 3.05) is 9.96 Å². The number of para-hydroxylation sites is 2. The summed E-state index contributed by atoms with van der Waals surface area (Å²) in [6.45, 7) is 0. The van der Waals surface area contributed by atoms with E-state index >= 15 is 0 Å². The van der Waals surface area contributed by atoms with Crippen molar-refractivity contribution >= 4 is 33.3 Å². The summed E-state index contributed by atoms with van der Waals surface area (Å²) in [7, 11) is -4.01. The number of anilines is 2. The third-order valence-corrected chi connectivity index (χ3v) is 7.86. The SMILES string of the molecule is O=C1[C@H]2[C@@H](ON(c3ccccc3)[C@H]2c2ccc(OS(=O)(=O)c3ccccc3)cc2)C(=O)N1c1ccccc1. The topological polar surface area (TPSA) is 93.2 Å². The highest BCUT2D eigenvalue weighted by Gasteiger charge is 2.60. The Morgan fingerprint density at radius 2 is 1.21 bits per heavy atom. The van der Waals surface area contributed by atoms with Crippen LogP contribution in [0.15, 0.2) is 120 Å². The van der Waals surface area contributed by atoms with Crippen molar-refractivity contribution in [2.45, 2.75) is 17.0 Å². The van der Waals surface area contributed by atoms with E-state index in [0.717, 1.165) is 0 Å². The van der Waals surface area contributed by atoms with Crippen molar-refractivity contribution in [1.82, 2.24) is 0 Å². The number of hydroxylamine groups is 1. The third kappa shape index (κ3) is 4.11. The number of carbonyl (C=O) groups excluding carboxylic acids is 2. The molecule has 0 aliphatic carbocycles. The van der Waals surface area contributed by atoms with Gasteiger partial charge in [0.25, 0.3) is 5.91 Å². The molecule has 38 heavy (non-hydrogen) atoms. The minimum Gasteiger partial charge on any atom is -0.379 e. The highest BCUT2D eigenvalue weighted by molar-refractivity contribution is 7.87. The maximum absolute atomic E-state index is 13.7. The fraction of sp³-hybridized carbons (Fsp3) is 0.103. The lowest BCUT2D eigenvalue weighted by molar-refractivity contribution is -0.126. The molecule has 0 spiro atoms. The molecule has 2 fully saturated rings. The maximum Gasteiger partial charge on any atom is 0.339 e. The molecule has 0 aromatic heterocycles. The summed E-state index contributed by atoms with van der Waals surface area (Å²) in [5.74, 6) is -1.47. The number of carbonyl (C=O) groups is 2. The minimum atomic E-state index is -4.01. The average Bonchev–Trinajstić information content (AvgIpc) is 3.46. The predicted molar refractivity (Wildman–Crippen MR) is 140 cm³/mol. The van der Waals surface area contributed by atoms with Gasteiger partial charge in [0.2, 0.25) is 5.91 Å². The molecule has 2 aliphatic rings. The number of nitrogens with zero attached hydrogens (tertiary/aromatic N) is 2. The van der Waals surface area contributed by atoms with Gasteiger partial charge in [-0.3, -0.25) is 14.4 Å². The van der Waals surface area contributed by atoms with Gasteiger partial charge in [0.15, 0.2) is 6.10 Å². The molecule has 8 nitrogen and oxygen atoms in total. The third-order valence-electron chi connectivity index (χ3n) is 6.60. The van der Waals surface area contributed by atoms with Crippen molar-refractivity contribution in [3.05, 3.63) is 121 Å². The van der Waals surface area contributed by atoms with Gasteiger partial charge in [-0.2, -0.15) is 8.42 Å². The first-order chi connectivity index (χ1) is 18.4. The predicted octanol–water partition coefficient (Wildman–Crippen LogP) is 4.51. The van der Waals surface area contributed by atoms with Crippen LogP contribution in [0.1, 0.15) is 11.6 Å². The largest absolute Gasteiger partial charge is 0.379 e. The van der Waals surface area contributed by atoms with Gasteiger partial charge >= 0.3 is 10.1 Å². The second kappa shape index (κ2) is 9.44. The molecular formula is C29H22N2O6S. The van der Waals surface area contributed by atoms with Gasteiger partial charge in [-0.1, -0.05) is 66.7 Å². The van der Waals surface area contributed by atoms with Crippen LogP contribution >= 0.6 is 0 Å². The number of amides is 2. The Labute approximate surface area is 219 Å². The van der Waals surface area contributed by atoms with Crippen molar-refractivity contribution in [1.29, 1.82) is 0 Å². The first-order valence-electron chi connectivity index (χ1n) is 12.0. The first-order valence-corrected chi connectivity index (χ1v) is 13.4. The smallest absolute Gasteiger partial charge is 0.339 e. The number of hydrogen-bond acceptors (Lipinski definition) is 7. The molecule has 0 N–H and O–H groups in total. The van der Waals surface area contributed by atoms with E-state index in [9.17, 15) is 18.0 Å². The molecule has 6 rings (SSSR count). The molecule has 0 bridgehead atoms. The number of imide groups is 1. The zero-order valence-corrected chi connectivity index (χ0v) is 20.8. The van der Waals surface area contributed by atoms with E-state index < -0.39 is 34.1 Å². The summed E-state index contributed by atoms with van der Waals surface area (Å²) < 4.78 is 30.6. The quantitative estimate of drug-likeness (QED) is 0.270. The molecular weight excluding hydrogens is 504 g/mol. The van der Waals surface area contributed by atoms with Crippen LogP contribution in [0.2, 0.25) is 0 Å². The Hall–Kier alpha value is -4.47. The molecule has 0 saturated carbocycles. The Kier molecular flexibility index (Phi) is 5.94. The van der Waals surface area contributed by atoms with E-state index in [1.165, 1.54) is 29.2 Å². The molecule has 9 heteroatoms. The fourth-order valence-electron chi connectivity index (χ4n) is 4.87. The highest BCUT2D eigenvalue weighted by Crippen LogP contribution is 2.47. The average molecular weight is 527 g/mol. The van der Waals surface area contributed by atoms with E-state index in [2.05, 4.69) is 0 Å². The van der Waals surface area contributed by atoms with Gasteiger partial charge in [-0.05, 0) is 54.1 Å². The molecule has 0 radical (unpaired) electrons. The van der Waals surface area contributed by atoms with Crippen molar-refractivity contribution < 1.29 is 27.0 Å². The van der Waals surface area contributed by atoms with Crippen LogP contribution in [-0.4, -0.2) is 26.3 Å². The van der Waals surface area contributed by atoms with E-state index in [0.29, 0.717) is 16.9 Å². The normalized spacial score (nSPS) is 21.0. The first kappa shape index (κ1) is 23.9. The molecule has 4 aromatic carbocycles. The van der Waals surface area contributed by atoms with Crippen molar-refractivity contribution in [3.63, 3.8) is 0 Å². The summed E-state index contributed by atoms with van der Waals surface area (Å²) in [5, 5.41) is 1.59. The van der Waals surface area contributed by atoms with E-state index in [1.807, 2.05) is 36.4 Å². The number of benzene rings is 4. The minimum absolute atomic E-state index is 0.0439. The second-order valence-electron chi connectivity index (χ2n) is 8.92. The molecule has 2 amide bonds. The van der Waals surface area contributed by atoms with Crippen molar-refractivity contribution in [3.8, 4) is 5.75 Å². The summed E-state index contributed by atoms with van der Waals surface area (Å²) >= 11 is 0. The Bertz CT molecular complexity index is 1580. The van der Waals surface area contributed by atoms with E-state index in [1.54, 1.807) is 59.7 Å². The van der Waals surface area contributed by atoms with Crippen LogP contribution < -0.4 is 14.1 Å². The van der Waals surface area contributed by atoms with Crippen LogP contribution in [0, 0.1) is 5.92 Å². The van der Waals surface area contributed by atoms with Crippen molar-refractivity contribution in [2.24, 2.45) is 5.92 Å². The highest BCUT2D eigenvalue weighted by atomic mass is 32.2. The summed E-state index contributed by atoms with van der Waals surface area (Å²) in [4.78, 5) is 34.4. The van der Waals surface area contributed by atoms with Gasteiger partial charge in [-0.15, -0.1) is 0 Å². The second-order valence-corrected chi connectivity index (χ2v) is 10.5. The molecule has 4 aromatic rings. The van der Waals surface area contributed by atoms with Gasteiger partial charge in [0.05, 0.1) is 17.4 Å². The van der Waals surface area contributed by atoms with Gasteiger partial charge in [0.1, 0.15) is 16.6 Å². The van der Waals surface area contributed by atoms with Gasteiger partial charge in [0, 0.05) is 0 Å². The molecule has 2 saturated heterocycles. The van der Waals surface area contributed by atoms with Crippen LogP contribution in [0.4, 0.5) is 11.4 Å². The van der Waals surface area contributed by atoms with Crippen LogP contribution in [0.25, 0.3) is 0 Å². The summed E-state index contributed by atoms with van der Waals surface area (Å²) in [6.07, 6.45) is -0.998. The Morgan fingerprint density at radius 1 is 0.658 bits per heavy atom. The molecule has 2 aliphatic heterocycles. The Morgan fingerprint density at radius 3 is 1.82 bits per heavy atom. The fourth-order valence-corrected chi connectivity index (χ4v) is 5.82. The molecule has 0 unspecified atom stereocenters. The van der Waals surface area contributed by atoms with Gasteiger partial charge < -0.3 is 4.18 Å². The molecule has 190 valence electrons. The Balaban J connectivity index is 1.34. The molecule has 2 heterocycles. The summed E-state index contributed by atoms with van der Waals surface area (Å²) in [6, 6.07) is 31.6. The van der Waals surface area contributed by atoms with E-state index in [4.69, 9.17) is 9.02 Å². The van der Waals surface area contributed by atoms with Crippen LogP contribution in [-0.2, 0) is 24.5 Å². The van der Waals surface area contributed by atoms with Crippen LogP contribution in [0.5, 0.6) is 5.75 Å².